The van der Waals surface area contributed by atoms with Crippen molar-refractivity contribution in [2.24, 2.45) is 0 Å². The summed E-state index contributed by atoms with van der Waals surface area (Å²) in [6, 6.07) is 0. The molecular formula is C4H5Cl2F3O. The van der Waals surface area contributed by atoms with Crippen LogP contribution in [0.15, 0.2) is 0 Å². The normalized spacial score (nSPS) is 18.6. The van der Waals surface area contributed by atoms with Crippen LogP contribution in [0, 0.1) is 0 Å². The fourth-order valence-corrected chi connectivity index (χ4v) is 0.438. The van der Waals surface area contributed by atoms with Gasteiger partial charge in [-0.3, -0.25) is 4.74 Å². The van der Waals surface area contributed by atoms with Crippen LogP contribution < -0.4 is 0 Å². The van der Waals surface area contributed by atoms with Gasteiger partial charge in [-0.1, -0.05) is 23.2 Å². The predicted octanol–water partition coefficient (Wildman–Crippen LogP) is 2.72. The maximum atomic E-state index is 12.0. The molecule has 0 bridgehead atoms. The van der Waals surface area contributed by atoms with Gasteiger partial charge in [0.1, 0.15) is 5.56 Å². The van der Waals surface area contributed by atoms with Crippen LogP contribution in [0.25, 0.3) is 0 Å². The third-order valence-corrected chi connectivity index (χ3v) is 0.917. The van der Waals surface area contributed by atoms with Crippen molar-refractivity contribution < 1.29 is 17.9 Å². The molecule has 0 aromatic heterocycles. The summed E-state index contributed by atoms with van der Waals surface area (Å²) in [5, 5.41) is 0. The van der Waals surface area contributed by atoms with Crippen LogP contribution in [0.3, 0.4) is 0 Å². The second kappa shape index (κ2) is 3.64. The molecule has 10 heavy (non-hydrogen) atoms. The number of hydrogen-bond donors (Lipinski definition) is 0. The van der Waals surface area contributed by atoms with Crippen molar-refractivity contribution >= 4 is 23.2 Å². The summed E-state index contributed by atoms with van der Waals surface area (Å²) in [5.74, 6) is 0. The summed E-state index contributed by atoms with van der Waals surface area (Å²) in [4.78, 5) is 0. The third-order valence-electron chi connectivity index (χ3n) is 0.574. The van der Waals surface area contributed by atoms with E-state index < -0.39 is 17.3 Å². The third kappa shape index (κ3) is 3.49. The maximum absolute atomic E-state index is 12.0. The highest BCUT2D eigenvalue weighted by Gasteiger charge is 2.41. The molecule has 2 unspecified atom stereocenters. The summed E-state index contributed by atoms with van der Waals surface area (Å²) in [6.45, 7) is 1.13. The van der Waals surface area contributed by atoms with E-state index in [0.717, 1.165) is 6.92 Å². The molecule has 0 aliphatic rings. The van der Waals surface area contributed by atoms with Gasteiger partial charge in [0.25, 0.3) is 5.63 Å². The van der Waals surface area contributed by atoms with Crippen LogP contribution in [-0.2, 0) is 4.74 Å². The second-order valence-electron chi connectivity index (χ2n) is 1.52. The van der Waals surface area contributed by atoms with E-state index >= 15 is 0 Å². The monoisotopic (exact) mass is 196 g/mol. The van der Waals surface area contributed by atoms with Gasteiger partial charge in [0.15, 0.2) is 0 Å². The van der Waals surface area contributed by atoms with Crippen molar-refractivity contribution in [3.63, 3.8) is 0 Å². The summed E-state index contributed by atoms with van der Waals surface area (Å²) >= 11 is 9.39. The SMILES string of the molecule is CC(Cl)OC(F)(F)C(F)Cl. The van der Waals surface area contributed by atoms with Gasteiger partial charge in [0, 0.05) is 0 Å². The Hall–Kier alpha value is 0.330. The zero-order valence-corrected chi connectivity index (χ0v) is 6.46. The Labute approximate surface area is 66.1 Å². The molecule has 6 heteroatoms. The van der Waals surface area contributed by atoms with E-state index in [2.05, 4.69) is 16.3 Å². The zero-order valence-electron chi connectivity index (χ0n) is 4.95. The Morgan fingerprint density at radius 1 is 1.40 bits per heavy atom. The van der Waals surface area contributed by atoms with E-state index in [1.165, 1.54) is 0 Å². The second-order valence-corrected chi connectivity index (χ2v) is 2.52. The molecule has 0 radical (unpaired) electrons. The maximum Gasteiger partial charge on any atom is 0.402 e. The standard InChI is InChI=1S/C4H5Cl2F3O/c1-2(5)10-4(8,9)3(6)7/h2-3H,1H3. The minimum absolute atomic E-state index is 1.13. The van der Waals surface area contributed by atoms with Gasteiger partial charge in [-0.15, -0.1) is 0 Å². The highest BCUT2D eigenvalue weighted by atomic mass is 35.5. The van der Waals surface area contributed by atoms with Gasteiger partial charge in [0.05, 0.1) is 0 Å². The molecule has 0 saturated carbocycles. The molecule has 0 amide bonds. The summed E-state index contributed by atoms with van der Waals surface area (Å²) in [6.07, 6.45) is -4.01. The molecule has 0 heterocycles. The molecule has 1 nitrogen and oxygen atoms in total. The molecule has 0 rings (SSSR count). The first kappa shape index (κ1) is 10.3. The van der Waals surface area contributed by atoms with Gasteiger partial charge in [0.2, 0.25) is 0 Å². The number of hydrogen-bond acceptors (Lipinski definition) is 1. The van der Waals surface area contributed by atoms with Gasteiger partial charge in [-0.2, -0.15) is 8.78 Å². The van der Waals surface area contributed by atoms with Crippen LogP contribution in [0.1, 0.15) is 6.92 Å². The van der Waals surface area contributed by atoms with Crippen LogP contribution in [0.5, 0.6) is 0 Å². The summed E-state index contributed by atoms with van der Waals surface area (Å²) < 4.78 is 39.3. The van der Waals surface area contributed by atoms with Gasteiger partial charge >= 0.3 is 6.11 Å². The lowest BCUT2D eigenvalue weighted by Gasteiger charge is -2.17. The topological polar surface area (TPSA) is 9.23 Å². The average Bonchev–Trinajstić information content (AvgIpc) is 1.60. The van der Waals surface area contributed by atoms with Crippen molar-refractivity contribution in [1.29, 1.82) is 0 Å². The molecule has 0 aliphatic heterocycles. The molecule has 62 valence electrons. The Morgan fingerprint density at radius 2 is 1.80 bits per heavy atom. The van der Waals surface area contributed by atoms with Gasteiger partial charge < -0.3 is 0 Å². The smallest absolute Gasteiger partial charge is 0.298 e. The molecule has 2 atom stereocenters. The highest BCUT2D eigenvalue weighted by Crippen LogP contribution is 2.27. The molecule has 0 aromatic rings. The number of ether oxygens (including phenoxy) is 1. The van der Waals surface area contributed by atoms with Crippen molar-refractivity contribution in [1.82, 2.24) is 0 Å². The van der Waals surface area contributed by atoms with Crippen LogP contribution in [-0.4, -0.2) is 17.3 Å². The molecular weight excluding hydrogens is 192 g/mol. The average molecular weight is 197 g/mol. The first-order valence-electron chi connectivity index (χ1n) is 2.34. The van der Waals surface area contributed by atoms with Gasteiger partial charge in [-0.05, 0) is 6.92 Å². The molecule has 0 saturated heterocycles. The van der Waals surface area contributed by atoms with E-state index in [1.807, 2.05) is 0 Å². The quantitative estimate of drug-likeness (QED) is 0.632. The lowest BCUT2D eigenvalue weighted by atomic mass is 10.7. The van der Waals surface area contributed by atoms with E-state index in [0.29, 0.717) is 0 Å². The van der Waals surface area contributed by atoms with Crippen molar-refractivity contribution in [3.05, 3.63) is 0 Å². The Kier molecular flexibility index (Phi) is 3.76. The van der Waals surface area contributed by atoms with Crippen LogP contribution in [0.4, 0.5) is 13.2 Å². The fraction of sp³-hybridized carbons (Fsp3) is 1.00. The van der Waals surface area contributed by atoms with Crippen LogP contribution >= 0.6 is 23.2 Å². The minimum Gasteiger partial charge on any atom is -0.298 e. The highest BCUT2D eigenvalue weighted by molar-refractivity contribution is 6.20. The van der Waals surface area contributed by atoms with Crippen molar-refractivity contribution in [3.8, 4) is 0 Å². The number of alkyl halides is 5. The Bertz CT molecular complexity index is 107. The van der Waals surface area contributed by atoms with E-state index in [9.17, 15) is 13.2 Å². The molecule has 0 fully saturated rings. The zero-order chi connectivity index (χ0) is 8.36. The number of halogens is 5. The van der Waals surface area contributed by atoms with Crippen molar-refractivity contribution in [2.75, 3.05) is 0 Å². The van der Waals surface area contributed by atoms with Gasteiger partial charge in [-0.25, -0.2) is 4.39 Å². The predicted molar refractivity (Wildman–Crippen MR) is 32.1 cm³/mol. The Balaban J connectivity index is 3.87. The summed E-state index contributed by atoms with van der Waals surface area (Å²) in [5.41, 5.74) is -4.14. The number of rotatable bonds is 3. The lowest BCUT2D eigenvalue weighted by Crippen LogP contribution is -2.31. The molecule has 0 spiro atoms. The molecule has 0 N–H and O–H groups in total. The Morgan fingerprint density at radius 3 is 1.90 bits per heavy atom. The first-order valence-corrected chi connectivity index (χ1v) is 3.21. The first-order chi connectivity index (χ1) is 4.36. The van der Waals surface area contributed by atoms with Crippen molar-refractivity contribution in [2.45, 2.75) is 24.2 Å². The minimum atomic E-state index is -4.01. The van der Waals surface area contributed by atoms with Crippen LogP contribution in [0.2, 0.25) is 0 Å². The molecule has 0 aromatic carbocycles. The van der Waals surface area contributed by atoms with E-state index in [-0.39, 0.29) is 0 Å². The largest absolute Gasteiger partial charge is 0.402 e. The lowest BCUT2D eigenvalue weighted by molar-refractivity contribution is -0.262. The fourth-order valence-electron chi connectivity index (χ4n) is 0.268. The van der Waals surface area contributed by atoms with E-state index in [1.54, 1.807) is 0 Å². The summed E-state index contributed by atoms with van der Waals surface area (Å²) in [7, 11) is 0. The van der Waals surface area contributed by atoms with E-state index in [4.69, 9.17) is 11.6 Å². The molecule has 0 aliphatic carbocycles.